The average molecular weight is 393 g/mol. The van der Waals surface area contributed by atoms with E-state index in [4.69, 9.17) is 0 Å². The van der Waals surface area contributed by atoms with Gasteiger partial charge in [-0.1, -0.05) is 0 Å². The maximum atomic E-state index is 2.34. The molecule has 0 saturated heterocycles. The van der Waals surface area contributed by atoms with Gasteiger partial charge in [0, 0.05) is 0 Å². The Bertz CT molecular complexity index is 373. The molecule has 0 spiro atoms. The van der Waals surface area contributed by atoms with E-state index in [1.807, 2.05) is 16.9 Å². The van der Waals surface area contributed by atoms with Crippen molar-refractivity contribution in [1.82, 2.24) is 0 Å². The van der Waals surface area contributed by atoms with Crippen molar-refractivity contribution in [2.75, 3.05) is 0 Å². The van der Waals surface area contributed by atoms with E-state index in [-0.39, 0.29) is 0 Å². The molecule has 0 aromatic heterocycles. The first kappa shape index (κ1) is 21.8. The summed E-state index contributed by atoms with van der Waals surface area (Å²) < 4.78 is 0.933. The first-order chi connectivity index (χ1) is 11.8. The molecule has 0 N–H and O–H groups in total. The van der Waals surface area contributed by atoms with Crippen LogP contribution >= 0.6 is 0 Å². The minimum absolute atomic E-state index is 0.895. The molecule has 1 rings (SSSR count). The van der Waals surface area contributed by atoms with Crippen molar-refractivity contribution in [1.29, 1.82) is 0 Å². The third kappa shape index (κ3) is 10.6. The van der Waals surface area contributed by atoms with Crippen LogP contribution in [0.5, 0.6) is 0 Å². The average Bonchev–Trinajstić information content (AvgIpc) is 2.60. The summed E-state index contributed by atoms with van der Waals surface area (Å²) in [6.07, 6.45) is 18.5. The minimum atomic E-state index is 0.895. The van der Waals surface area contributed by atoms with Crippen molar-refractivity contribution < 1.29 is 0 Å². The second-order valence-corrected chi connectivity index (χ2v) is 9.32. The monoisotopic (exact) mass is 392 g/mol. The van der Waals surface area contributed by atoms with Crippen LogP contribution in [-0.2, 0) is 6.42 Å². The summed E-state index contributed by atoms with van der Waals surface area (Å²) in [5.74, 6) is 0.895. The Hall–Kier alpha value is -0.222. The molecule has 0 saturated carbocycles. The van der Waals surface area contributed by atoms with E-state index in [2.05, 4.69) is 44.2 Å². The van der Waals surface area contributed by atoms with Crippen LogP contribution in [0.1, 0.15) is 96.5 Å². The normalized spacial score (nSPS) is 13.8. The van der Waals surface area contributed by atoms with Crippen LogP contribution in [0, 0.1) is 5.92 Å². The standard InChI is InChI=1S/C23H41As/c1-3-5-6-7-8-9-10-11-15-19-23(24)22(16-4-2)20-21-17-13-12-14-18-21/h12-14,17-18,22-23H,3-11,15-16,19-20,24H2,1-2H3. The maximum absolute atomic E-state index is 2.34. The van der Waals surface area contributed by atoms with Gasteiger partial charge in [0.15, 0.2) is 0 Å². The van der Waals surface area contributed by atoms with Crippen molar-refractivity contribution in [2.45, 2.75) is 102 Å². The van der Waals surface area contributed by atoms with Gasteiger partial charge in [-0.25, -0.2) is 0 Å². The number of benzene rings is 1. The molecule has 138 valence electrons. The van der Waals surface area contributed by atoms with Gasteiger partial charge in [-0.3, -0.25) is 0 Å². The molecule has 1 aromatic carbocycles. The van der Waals surface area contributed by atoms with Crippen LogP contribution in [0.4, 0.5) is 0 Å². The van der Waals surface area contributed by atoms with E-state index in [0.717, 1.165) is 10.6 Å². The van der Waals surface area contributed by atoms with E-state index in [1.165, 1.54) is 89.0 Å². The van der Waals surface area contributed by atoms with E-state index in [1.54, 1.807) is 0 Å². The summed E-state index contributed by atoms with van der Waals surface area (Å²) in [7, 11) is 0. The van der Waals surface area contributed by atoms with Gasteiger partial charge < -0.3 is 0 Å². The zero-order chi connectivity index (χ0) is 17.5. The molecule has 0 heterocycles. The zero-order valence-electron chi connectivity index (χ0n) is 16.3. The first-order valence-corrected chi connectivity index (χ1v) is 12.0. The fraction of sp³-hybridized carbons (Fsp3) is 0.739. The van der Waals surface area contributed by atoms with Gasteiger partial charge in [0.25, 0.3) is 0 Å². The molecular formula is C23H41As. The Kier molecular flexibility index (Phi) is 13.7. The van der Waals surface area contributed by atoms with Gasteiger partial charge >= 0.3 is 161 Å². The molecule has 1 heteroatoms. The Balaban J connectivity index is 2.15. The number of hydrogen-bond donors (Lipinski definition) is 0. The van der Waals surface area contributed by atoms with E-state index in [9.17, 15) is 0 Å². The Labute approximate surface area is 160 Å². The second kappa shape index (κ2) is 15.1. The molecule has 1 aromatic rings. The summed E-state index contributed by atoms with van der Waals surface area (Å²) in [6.45, 7) is 4.64. The fourth-order valence-electron chi connectivity index (χ4n) is 3.68. The van der Waals surface area contributed by atoms with Crippen LogP contribution in [0.25, 0.3) is 0 Å². The van der Waals surface area contributed by atoms with Crippen LogP contribution < -0.4 is 0 Å². The van der Waals surface area contributed by atoms with Crippen molar-refractivity contribution in [2.24, 2.45) is 5.92 Å². The summed E-state index contributed by atoms with van der Waals surface area (Å²) >= 11 is 1.99. The summed E-state index contributed by atoms with van der Waals surface area (Å²) in [4.78, 5) is 0. The van der Waals surface area contributed by atoms with Gasteiger partial charge in [-0.15, -0.1) is 0 Å². The van der Waals surface area contributed by atoms with Crippen molar-refractivity contribution >= 4 is 16.9 Å². The van der Waals surface area contributed by atoms with E-state index in [0.29, 0.717) is 0 Å². The van der Waals surface area contributed by atoms with E-state index < -0.39 is 0 Å². The number of rotatable bonds is 15. The van der Waals surface area contributed by atoms with E-state index >= 15 is 0 Å². The van der Waals surface area contributed by atoms with Gasteiger partial charge in [0.05, 0.1) is 0 Å². The van der Waals surface area contributed by atoms with Crippen LogP contribution in [0.3, 0.4) is 0 Å². The predicted octanol–water partition coefficient (Wildman–Crippen LogP) is 6.99. The topological polar surface area (TPSA) is 0 Å². The molecule has 0 bridgehead atoms. The molecule has 0 fully saturated rings. The Morgan fingerprint density at radius 1 is 0.708 bits per heavy atom. The number of hydrogen-bond acceptors (Lipinski definition) is 0. The van der Waals surface area contributed by atoms with Crippen LogP contribution in [0.2, 0.25) is 4.71 Å². The molecule has 0 aliphatic rings. The molecule has 0 nitrogen and oxygen atoms in total. The summed E-state index contributed by atoms with van der Waals surface area (Å²) in [5, 5.41) is 0. The van der Waals surface area contributed by atoms with Crippen molar-refractivity contribution in [3.05, 3.63) is 35.9 Å². The van der Waals surface area contributed by atoms with Gasteiger partial charge in [-0.05, 0) is 0 Å². The quantitative estimate of drug-likeness (QED) is 0.223. The first-order valence-electron chi connectivity index (χ1n) is 10.6. The van der Waals surface area contributed by atoms with Crippen LogP contribution in [-0.4, -0.2) is 16.9 Å². The SMILES string of the molecule is CCCCCCCCCCCC([AsH2])C(CCC)Cc1ccccc1. The second-order valence-electron chi connectivity index (χ2n) is 7.52. The van der Waals surface area contributed by atoms with Crippen molar-refractivity contribution in [3.8, 4) is 0 Å². The molecule has 3 atom stereocenters. The Morgan fingerprint density at radius 3 is 1.88 bits per heavy atom. The molecule has 0 radical (unpaired) electrons. The van der Waals surface area contributed by atoms with Gasteiger partial charge in [-0.2, -0.15) is 0 Å². The third-order valence-corrected chi connectivity index (χ3v) is 7.09. The van der Waals surface area contributed by atoms with Crippen molar-refractivity contribution in [3.63, 3.8) is 0 Å². The number of unbranched alkanes of at least 4 members (excludes halogenated alkanes) is 8. The zero-order valence-corrected chi connectivity index (χ0v) is 18.7. The molecule has 0 aliphatic carbocycles. The molecule has 24 heavy (non-hydrogen) atoms. The Morgan fingerprint density at radius 2 is 1.29 bits per heavy atom. The fourth-order valence-corrected chi connectivity index (χ4v) is 4.87. The summed E-state index contributed by atoms with van der Waals surface area (Å²) in [6, 6.07) is 11.1. The predicted molar refractivity (Wildman–Crippen MR) is 113 cm³/mol. The van der Waals surface area contributed by atoms with Gasteiger partial charge in [0.2, 0.25) is 0 Å². The van der Waals surface area contributed by atoms with Gasteiger partial charge in [0.1, 0.15) is 0 Å². The van der Waals surface area contributed by atoms with Crippen LogP contribution in [0.15, 0.2) is 30.3 Å². The molecule has 0 amide bonds. The molecular weight excluding hydrogens is 351 g/mol. The molecule has 3 unspecified atom stereocenters. The molecule has 0 aliphatic heterocycles. The third-order valence-electron chi connectivity index (χ3n) is 5.25. The summed E-state index contributed by atoms with van der Waals surface area (Å²) in [5.41, 5.74) is 1.53.